The van der Waals surface area contributed by atoms with Crippen LogP contribution in [0.3, 0.4) is 0 Å². The predicted octanol–water partition coefficient (Wildman–Crippen LogP) is 3.69. The second-order valence-corrected chi connectivity index (χ2v) is 9.73. The van der Waals surface area contributed by atoms with Crippen LogP contribution in [0, 0.1) is 21.7 Å². The van der Waals surface area contributed by atoms with Crippen molar-refractivity contribution in [2.24, 2.45) is 0 Å². The van der Waals surface area contributed by atoms with Gasteiger partial charge in [0.15, 0.2) is 0 Å². The first-order valence-electron chi connectivity index (χ1n) is 8.18. The molecule has 2 radical (unpaired) electrons. The van der Waals surface area contributed by atoms with Gasteiger partial charge in [-0.05, 0) is 25.1 Å². The zero-order valence-corrected chi connectivity index (χ0v) is 22.1. The molecule has 0 saturated carbocycles. The van der Waals surface area contributed by atoms with Crippen LogP contribution >= 0.6 is 17.8 Å². The van der Waals surface area contributed by atoms with Gasteiger partial charge in [0.25, 0.3) is 5.69 Å². The van der Waals surface area contributed by atoms with Crippen LogP contribution in [0.1, 0.15) is 18.1 Å². The summed E-state index contributed by atoms with van der Waals surface area (Å²) in [5, 5.41) is 17.8. The van der Waals surface area contributed by atoms with E-state index >= 15 is 0 Å². The van der Waals surface area contributed by atoms with Crippen molar-refractivity contribution in [2.75, 3.05) is 23.8 Å². The van der Waals surface area contributed by atoms with E-state index in [4.69, 9.17) is 40.1 Å². The Hall–Kier alpha value is -2.06. The van der Waals surface area contributed by atoms with Crippen LogP contribution in [0.5, 0.6) is 0 Å². The number of nitro groups is 1. The van der Waals surface area contributed by atoms with Crippen LogP contribution < -0.4 is 17.2 Å². The van der Waals surface area contributed by atoms with E-state index in [1.54, 1.807) is 6.92 Å². The van der Waals surface area contributed by atoms with Crippen molar-refractivity contribution >= 4 is 59.5 Å². The third-order valence-electron chi connectivity index (χ3n) is 3.10. The maximum atomic E-state index is 12.8. The number of nitrogens with two attached hydrogens (primary N) is 3. The number of anilines is 3. The summed E-state index contributed by atoms with van der Waals surface area (Å²) < 4.78 is 97.8. The molecule has 20 heteroatoms. The molecule has 11 N–H and O–H groups in total. The van der Waals surface area contributed by atoms with Crippen molar-refractivity contribution in [3.05, 3.63) is 57.1 Å². The molecule has 0 aromatic heterocycles. The molecule has 2 aromatic rings. The summed E-state index contributed by atoms with van der Waals surface area (Å²) in [6.45, 7) is 1.93. The van der Waals surface area contributed by atoms with Gasteiger partial charge >= 0.3 is 49.1 Å². The average Bonchev–Trinajstić information content (AvgIpc) is 2.66. The molecular weight excluding hydrogens is 670 g/mol. The Morgan fingerprint density at radius 1 is 0.861 bits per heavy atom. The van der Waals surface area contributed by atoms with Gasteiger partial charge in [0.1, 0.15) is 17.3 Å². The summed E-state index contributed by atoms with van der Waals surface area (Å²) in [6, 6.07) is 1.38. The molecule has 2 rings (SSSR count). The van der Waals surface area contributed by atoms with Crippen molar-refractivity contribution in [1.82, 2.24) is 0 Å². The van der Waals surface area contributed by atoms with Crippen LogP contribution in [0.15, 0.2) is 24.3 Å². The summed E-state index contributed by atoms with van der Waals surface area (Å²) in [4.78, 5) is 9.16. The fourth-order valence-electron chi connectivity index (χ4n) is 1.78. The number of rotatable bonds is 1. The standard InChI is InChI=1S/C7H4F4N2O2.C7H6F4N2.C2H6O.2ClH.2H2O.Sn/c8-4-2-6(13(14)15)5(12)1-3(4)7(9,10)11;8-4-2-6(13)5(12)1-3(4)7(9,10)11;1-2-3;;;;;/h1-2H,12H2;1-2H,12-13H2;3H,2H2,1H3;2*1H;2*1H2;/q;;;;;;;+2/p-2. The quantitative estimate of drug-likeness (QED) is 0.115. The molecule has 0 aliphatic rings. The molecule has 208 valence electrons. The Labute approximate surface area is 215 Å². The van der Waals surface area contributed by atoms with Crippen LogP contribution in [-0.2, 0) is 12.4 Å². The monoisotopic (exact) mass is 690 g/mol. The molecule has 0 heterocycles. The summed E-state index contributed by atoms with van der Waals surface area (Å²) >= 11 is -0.826. The van der Waals surface area contributed by atoms with Crippen molar-refractivity contribution in [1.29, 1.82) is 0 Å². The zero-order chi connectivity index (χ0) is 27.4. The minimum absolute atomic E-state index is 0. The Morgan fingerprint density at radius 2 is 1.14 bits per heavy atom. The Morgan fingerprint density at radius 3 is 1.44 bits per heavy atom. The van der Waals surface area contributed by atoms with Gasteiger partial charge in [-0.15, -0.1) is 0 Å². The van der Waals surface area contributed by atoms with E-state index in [-0.39, 0.29) is 41.1 Å². The SMILES string of the molecule is CCO.Nc1cc(C(F)(F)F)c(F)cc1[N+](=O)[O-].Nc1cc(F)c(C(F)(F)F)cc1N.O.O.[Cl][Sn][Cl]. The number of alkyl halides is 6. The molecule has 0 saturated heterocycles. The summed E-state index contributed by atoms with van der Waals surface area (Å²) in [5.41, 5.74) is 10.0. The molecule has 0 aliphatic carbocycles. The normalized spacial score (nSPS) is 10.0. The van der Waals surface area contributed by atoms with Crippen molar-refractivity contribution in [3.63, 3.8) is 0 Å². The number of hydrogen-bond acceptors (Lipinski definition) is 6. The summed E-state index contributed by atoms with van der Waals surface area (Å²) in [5.74, 6) is -3.14. The predicted molar refractivity (Wildman–Crippen MR) is 120 cm³/mol. The molecular formula is C16H20Cl2F8N4O5Sn. The van der Waals surface area contributed by atoms with Crippen LogP contribution in [0.4, 0.5) is 57.9 Å². The van der Waals surface area contributed by atoms with Crippen molar-refractivity contribution < 1.29 is 56.1 Å². The molecule has 0 atom stereocenters. The minimum atomic E-state index is -4.92. The van der Waals surface area contributed by atoms with Gasteiger partial charge in [0.05, 0.1) is 33.5 Å². The fourth-order valence-corrected chi connectivity index (χ4v) is 1.78. The van der Waals surface area contributed by atoms with Gasteiger partial charge in [-0.25, -0.2) is 8.78 Å². The number of nitrogen functional groups attached to an aromatic ring is 3. The zero-order valence-electron chi connectivity index (χ0n) is 17.7. The van der Waals surface area contributed by atoms with Gasteiger partial charge in [-0.1, -0.05) is 0 Å². The first kappa shape index (κ1) is 41.1. The molecule has 0 bridgehead atoms. The van der Waals surface area contributed by atoms with Gasteiger partial charge < -0.3 is 33.3 Å². The van der Waals surface area contributed by atoms with Crippen molar-refractivity contribution in [2.45, 2.75) is 19.3 Å². The van der Waals surface area contributed by atoms with E-state index in [2.05, 4.69) is 0 Å². The molecule has 0 fully saturated rings. The van der Waals surface area contributed by atoms with E-state index in [0.29, 0.717) is 12.1 Å². The van der Waals surface area contributed by atoms with E-state index < -0.39 is 70.3 Å². The number of aliphatic hydroxyl groups is 1. The van der Waals surface area contributed by atoms with Crippen LogP contribution in [0.2, 0.25) is 0 Å². The number of nitro benzene ring substituents is 1. The van der Waals surface area contributed by atoms with Gasteiger partial charge in [-0.2, -0.15) is 26.3 Å². The maximum absolute atomic E-state index is 12.8. The van der Waals surface area contributed by atoms with E-state index in [1.807, 2.05) is 0 Å². The number of halogens is 10. The Bertz CT molecular complexity index is 954. The Balaban J connectivity index is -0.000000224. The second kappa shape index (κ2) is 18.2. The molecule has 0 amide bonds. The van der Waals surface area contributed by atoms with Crippen LogP contribution in [-0.4, -0.2) is 46.5 Å². The third kappa shape index (κ3) is 14.5. The number of benzene rings is 2. The summed E-state index contributed by atoms with van der Waals surface area (Å²) in [6.07, 6.45) is -9.67. The molecule has 0 unspecified atom stereocenters. The molecule has 9 nitrogen and oxygen atoms in total. The fraction of sp³-hybridized carbons (Fsp3) is 0.250. The topological polar surface area (TPSA) is 204 Å². The second-order valence-electron chi connectivity index (χ2n) is 5.49. The van der Waals surface area contributed by atoms with Gasteiger partial charge in [0, 0.05) is 6.61 Å². The van der Waals surface area contributed by atoms with E-state index in [0.717, 1.165) is 0 Å². The summed E-state index contributed by atoms with van der Waals surface area (Å²) in [7, 11) is 9.87. The van der Waals surface area contributed by atoms with Crippen LogP contribution in [0.25, 0.3) is 0 Å². The van der Waals surface area contributed by atoms with Gasteiger partial charge in [-0.3, -0.25) is 10.1 Å². The molecule has 0 spiro atoms. The first-order valence-corrected chi connectivity index (χ1v) is 15.4. The van der Waals surface area contributed by atoms with Gasteiger partial charge in [0.2, 0.25) is 0 Å². The molecule has 36 heavy (non-hydrogen) atoms. The third-order valence-corrected chi connectivity index (χ3v) is 3.10. The Kier molecular flexibility index (Phi) is 20.8. The van der Waals surface area contributed by atoms with Crippen molar-refractivity contribution in [3.8, 4) is 0 Å². The first-order chi connectivity index (χ1) is 15.4. The number of nitrogens with zero attached hydrogens (tertiary/aromatic N) is 1. The number of aliphatic hydroxyl groups excluding tert-OH is 1. The molecule has 2 aromatic carbocycles. The average molecular weight is 690 g/mol. The van der Waals surface area contributed by atoms with E-state index in [9.17, 15) is 45.2 Å². The number of hydrogen-bond donors (Lipinski definition) is 4. The molecule has 0 aliphatic heterocycles. The van der Waals surface area contributed by atoms with E-state index in [1.165, 1.54) is 0 Å².